The molecule has 2 atom stereocenters. The molecule has 0 saturated carbocycles. The predicted octanol–water partition coefficient (Wildman–Crippen LogP) is 0.986. The van der Waals surface area contributed by atoms with Crippen LogP contribution in [0.15, 0.2) is 0 Å². The molecule has 0 aromatic rings. The van der Waals surface area contributed by atoms with Gasteiger partial charge in [-0.05, 0) is 26.2 Å². The van der Waals surface area contributed by atoms with Crippen molar-refractivity contribution >= 4 is 5.91 Å². The highest BCUT2D eigenvalue weighted by Gasteiger charge is 2.34. The van der Waals surface area contributed by atoms with Gasteiger partial charge in [-0.2, -0.15) is 0 Å². The third-order valence-electron chi connectivity index (χ3n) is 3.23. The van der Waals surface area contributed by atoms with E-state index in [1.165, 1.54) is 0 Å². The second kappa shape index (κ2) is 8.45. The molecule has 1 N–H and O–H groups in total. The van der Waals surface area contributed by atoms with E-state index in [1.807, 2.05) is 11.8 Å². The first-order chi connectivity index (χ1) is 8.70. The Morgan fingerprint density at radius 1 is 1.28 bits per heavy atom. The number of hydrogen-bond acceptors (Lipinski definition) is 4. The molecule has 1 amide bonds. The summed E-state index contributed by atoms with van der Waals surface area (Å²) in [6.45, 7) is 6.88. The summed E-state index contributed by atoms with van der Waals surface area (Å²) in [4.78, 5) is 13.9. The number of hydrogen-bond donors (Lipinski definition) is 1. The van der Waals surface area contributed by atoms with Gasteiger partial charge in [-0.25, -0.2) is 0 Å². The molecule has 5 nitrogen and oxygen atoms in total. The largest absolute Gasteiger partial charge is 0.382 e. The molecule has 0 bridgehead atoms. The Morgan fingerprint density at radius 2 is 2.06 bits per heavy atom. The quantitative estimate of drug-likeness (QED) is 0.627. The lowest BCUT2D eigenvalue weighted by Crippen LogP contribution is -2.37. The van der Waals surface area contributed by atoms with Crippen molar-refractivity contribution in [2.75, 3.05) is 33.5 Å². The lowest BCUT2D eigenvalue weighted by Gasteiger charge is -2.22. The SMILES string of the molecule is CCC1NC(C)C(=O)N1CCCCOCCOC. The minimum absolute atomic E-state index is 0.0343. The molecule has 0 aromatic heterocycles. The van der Waals surface area contributed by atoms with E-state index in [4.69, 9.17) is 9.47 Å². The van der Waals surface area contributed by atoms with Crippen LogP contribution >= 0.6 is 0 Å². The Hall–Kier alpha value is -0.650. The summed E-state index contributed by atoms with van der Waals surface area (Å²) >= 11 is 0. The maximum absolute atomic E-state index is 11.9. The van der Waals surface area contributed by atoms with Crippen LogP contribution in [0.4, 0.5) is 0 Å². The standard InChI is InChI=1S/C13H26N2O3/c1-4-12-14-11(2)13(16)15(12)7-5-6-8-18-10-9-17-3/h11-12,14H,4-10H2,1-3H3. The monoisotopic (exact) mass is 258 g/mol. The summed E-state index contributed by atoms with van der Waals surface area (Å²) < 4.78 is 10.3. The maximum atomic E-state index is 11.9. The normalized spacial score (nSPS) is 23.9. The molecule has 2 unspecified atom stereocenters. The number of nitrogens with one attached hydrogen (secondary N) is 1. The second-order valence-corrected chi connectivity index (χ2v) is 4.66. The van der Waals surface area contributed by atoms with Gasteiger partial charge in [0.2, 0.25) is 5.91 Å². The molecule has 5 heteroatoms. The van der Waals surface area contributed by atoms with Crippen molar-refractivity contribution in [1.82, 2.24) is 10.2 Å². The van der Waals surface area contributed by atoms with Crippen LogP contribution in [-0.2, 0) is 14.3 Å². The number of unbranched alkanes of at least 4 members (excludes halogenated alkanes) is 1. The highest BCUT2D eigenvalue weighted by atomic mass is 16.5. The van der Waals surface area contributed by atoms with Crippen LogP contribution in [0.1, 0.15) is 33.1 Å². The fraction of sp³-hybridized carbons (Fsp3) is 0.923. The van der Waals surface area contributed by atoms with E-state index in [2.05, 4.69) is 12.2 Å². The summed E-state index contributed by atoms with van der Waals surface area (Å²) in [6, 6.07) is -0.0343. The molecular weight excluding hydrogens is 232 g/mol. The van der Waals surface area contributed by atoms with Gasteiger partial charge in [0.15, 0.2) is 0 Å². The average Bonchev–Trinajstić information content (AvgIpc) is 2.65. The topological polar surface area (TPSA) is 50.8 Å². The van der Waals surface area contributed by atoms with Gasteiger partial charge < -0.3 is 14.4 Å². The Labute approximate surface area is 110 Å². The van der Waals surface area contributed by atoms with Gasteiger partial charge in [-0.1, -0.05) is 6.92 Å². The van der Waals surface area contributed by atoms with Crippen molar-refractivity contribution in [3.05, 3.63) is 0 Å². The first-order valence-electron chi connectivity index (χ1n) is 6.84. The van der Waals surface area contributed by atoms with Crippen LogP contribution in [0.3, 0.4) is 0 Å². The Morgan fingerprint density at radius 3 is 2.72 bits per heavy atom. The smallest absolute Gasteiger partial charge is 0.240 e. The van der Waals surface area contributed by atoms with Gasteiger partial charge in [-0.3, -0.25) is 10.1 Å². The first kappa shape index (κ1) is 15.4. The molecule has 1 aliphatic rings. The van der Waals surface area contributed by atoms with Crippen molar-refractivity contribution in [3.8, 4) is 0 Å². The van der Waals surface area contributed by atoms with Gasteiger partial charge >= 0.3 is 0 Å². The Balaban J connectivity index is 2.12. The molecule has 1 aliphatic heterocycles. The second-order valence-electron chi connectivity index (χ2n) is 4.66. The minimum Gasteiger partial charge on any atom is -0.382 e. The number of amides is 1. The van der Waals surface area contributed by atoms with Crippen molar-refractivity contribution < 1.29 is 14.3 Å². The van der Waals surface area contributed by atoms with Gasteiger partial charge in [0.1, 0.15) is 0 Å². The van der Waals surface area contributed by atoms with E-state index < -0.39 is 0 Å². The van der Waals surface area contributed by atoms with Crippen LogP contribution in [0.5, 0.6) is 0 Å². The molecule has 1 fully saturated rings. The molecular formula is C13H26N2O3. The molecule has 0 aromatic carbocycles. The van der Waals surface area contributed by atoms with Crippen molar-refractivity contribution in [1.29, 1.82) is 0 Å². The first-order valence-corrected chi connectivity index (χ1v) is 6.84. The number of nitrogens with zero attached hydrogens (tertiary/aromatic N) is 1. The minimum atomic E-state index is -0.0343. The van der Waals surface area contributed by atoms with E-state index in [9.17, 15) is 4.79 Å². The molecule has 0 radical (unpaired) electrons. The van der Waals surface area contributed by atoms with E-state index in [0.29, 0.717) is 13.2 Å². The molecule has 0 aliphatic carbocycles. The number of carbonyl (C=O) groups excluding carboxylic acids is 1. The van der Waals surface area contributed by atoms with E-state index in [0.717, 1.165) is 32.4 Å². The molecule has 1 saturated heterocycles. The number of carbonyl (C=O) groups is 1. The van der Waals surface area contributed by atoms with Gasteiger partial charge in [0.25, 0.3) is 0 Å². The highest BCUT2D eigenvalue weighted by Crippen LogP contribution is 2.14. The fourth-order valence-electron chi connectivity index (χ4n) is 2.19. The molecule has 0 spiro atoms. The van der Waals surface area contributed by atoms with Crippen LogP contribution < -0.4 is 5.32 Å². The zero-order valence-electron chi connectivity index (χ0n) is 11.8. The molecule has 18 heavy (non-hydrogen) atoms. The lowest BCUT2D eigenvalue weighted by atomic mass is 10.2. The predicted molar refractivity (Wildman–Crippen MR) is 70.3 cm³/mol. The van der Waals surface area contributed by atoms with E-state index in [1.54, 1.807) is 7.11 Å². The van der Waals surface area contributed by atoms with E-state index >= 15 is 0 Å². The van der Waals surface area contributed by atoms with Gasteiger partial charge in [0, 0.05) is 20.3 Å². The summed E-state index contributed by atoms with van der Waals surface area (Å²) in [6.07, 6.45) is 3.14. The van der Waals surface area contributed by atoms with Crippen molar-refractivity contribution in [3.63, 3.8) is 0 Å². The van der Waals surface area contributed by atoms with E-state index in [-0.39, 0.29) is 18.1 Å². The maximum Gasteiger partial charge on any atom is 0.240 e. The van der Waals surface area contributed by atoms with Crippen LogP contribution in [-0.4, -0.2) is 56.5 Å². The lowest BCUT2D eigenvalue weighted by molar-refractivity contribution is -0.129. The average molecular weight is 258 g/mol. The molecule has 106 valence electrons. The summed E-state index contributed by atoms with van der Waals surface area (Å²) in [5, 5.41) is 3.30. The van der Waals surface area contributed by atoms with Crippen LogP contribution in [0.25, 0.3) is 0 Å². The zero-order chi connectivity index (χ0) is 13.4. The van der Waals surface area contributed by atoms with Crippen molar-refractivity contribution in [2.24, 2.45) is 0 Å². The Kier molecular flexibility index (Phi) is 7.23. The number of ether oxygens (including phenoxy) is 2. The molecule has 1 heterocycles. The summed E-state index contributed by atoms with van der Waals surface area (Å²) in [5.41, 5.74) is 0. The third kappa shape index (κ3) is 4.55. The van der Waals surface area contributed by atoms with Crippen LogP contribution in [0, 0.1) is 0 Å². The fourth-order valence-corrected chi connectivity index (χ4v) is 2.19. The summed E-state index contributed by atoms with van der Waals surface area (Å²) in [5.74, 6) is 0.224. The number of rotatable bonds is 9. The van der Waals surface area contributed by atoms with Gasteiger partial charge in [0.05, 0.1) is 25.4 Å². The van der Waals surface area contributed by atoms with Crippen LogP contribution in [0.2, 0.25) is 0 Å². The van der Waals surface area contributed by atoms with Gasteiger partial charge in [-0.15, -0.1) is 0 Å². The Bertz CT molecular complexity index is 248. The molecule has 1 rings (SSSR count). The summed E-state index contributed by atoms with van der Waals surface area (Å²) in [7, 11) is 1.67. The highest BCUT2D eigenvalue weighted by molar-refractivity contribution is 5.83. The number of methoxy groups -OCH3 is 1. The zero-order valence-corrected chi connectivity index (χ0v) is 11.8. The van der Waals surface area contributed by atoms with Crippen molar-refractivity contribution in [2.45, 2.75) is 45.3 Å². The third-order valence-corrected chi connectivity index (χ3v) is 3.23.